The van der Waals surface area contributed by atoms with E-state index in [1.807, 2.05) is 30.3 Å². The van der Waals surface area contributed by atoms with Crippen molar-refractivity contribution in [3.63, 3.8) is 0 Å². The molecule has 5 nitrogen and oxygen atoms in total. The maximum atomic E-state index is 13.0. The summed E-state index contributed by atoms with van der Waals surface area (Å²) < 4.78 is 0. The predicted molar refractivity (Wildman–Crippen MR) is 113 cm³/mol. The molecule has 1 aromatic carbocycles. The second kappa shape index (κ2) is 8.00. The van der Waals surface area contributed by atoms with E-state index >= 15 is 0 Å². The molecule has 0 N–H and O–H groups in total. The fraction of sp³-hybridized carbons (Fsp3) is 0.391. The molecular weight excluding hydrogens is 382 g/mol. The van der Waals surface area contributed by atoms with Crippen molar-refractivity contribution in [1.82, 2.24) is 4.98 Å². The van der Waals surface area contributed by atoms with Crippen LogP contribution < -0.4 is 4.90 Å². The molecule has 2 aromatic rings. The van der Waals surface area contributed by atoms with E-state index in [-0.39, 0.29) is 18.2 Å². The van der Waals surface area contributed by atoms with Crippen molar-refractivity contribution in [2.24, 2.45) is 0 Å². The van der Waals surface area contributed by atoms with Gasteiger partial charge in [-0.15, -0.1) is 0 Å². The normalized spacial score (nSPS) is 18.8. The number of aromatic nitrogens is 1. The number of thioether (sulfide) groups is 1. The molecule has 29 heavy (non-hydrogen) atoms. The van der Waals surface area contributed by atoms with Crippen LogP contribution in [0.5, 0.6) is 0 Å². The number of anilines is 1. The summed E-state index contributed by atoms with van der Waals surface area (Å²) in [5.41, 5.74) is 4.42. The van der Waals surface area contributed by atoms with Gasteiger partial charge in [0.1, 0.15) is 11.1 Å². The lowest BCUT2D eigenvalue weighted by molar-refractivity contribution is -0.121. The van der Waals surface area contributed by atoms with E-state index < -0.39 is 5.25 Å². The van der Waals surface area contributed by atoms with Crippen LogP contribution in [-0.4, -0.2) is 22.0 Å². The molecule has 0 bridgehead atoms. The molecule has 2 heterocycles. The van der Waals surface area contributed by atoms with E-state index in [2.05, 4.69) is 19.9 Å². The summed E-state index contributed by atoms with van der Waals surface area (Å²) >= 11 is 1.25. The van der Waals surface area contributed by atoms with E-state index in [1.165, 1.54) is 16.7 Å². The number of carbonyl (C=O) groups excluding carboxylic acids is 2. The van der Waals surface area contributed by atoms with Gasteiger partial charge < -0.3 is 0 Å². The lowest BCUT2D eigenvalue weighted by Gasteiger charge is -2.18. The van der Waals surface area contributed by atoms with Crippen molar-refractivity contribution in [3.8, 4) is 6.07 Å². The Morgan fingerprint density at radius 1 is 1.17 bits per heavy atom. The Hall–Kier alpha value is -2.65. The van der Waals surface area contributed by atoms with E-state index in [4.69, 9.17) is 4.98 Å². The third-order valence-corrected chi connectivity index (χ3v) is 6.75. The maximum absolute atomic E-state index is 13.0. The molecule has 1 aromatic heterocycles. The third kappa shape index (κ3) is 3.79. The van der Waals surface area contributed by atoms with Crippen molar-refractivity contribution < 1.29 is 9.59 Å². The van der Waals surface area contributed by atoms with Gasteiger partial charge in [-0.25, -0.2) is 9.88 Å². The SMILES string of the molecule is CC(C)c1ccc(N2C(=O)CC(Sc3nc4c(cc3C#N)CCCC4)C2=O)cc1. The van der Waals surface area contributed by atoms with Gasteiger partial charge in [-0.3, -0.25) is 9.59 Å². The molecule has 2 aliphatic rings. The van der Waals surface area contributed by atoms with Gasteiger partial charge in [-0.2, -0.15) is 5.26 Å². The minimum Gasteiger partial charge on any atom is -0.274 e. The smallest absolute Gasteiger partial charge is 0.247 e. The first-order chi connectivity index (χ1) is 14.0. The minimum absolute atomic E-state index is 0.124. The van der Waals surface area contributed by atoms with Gasteiger partial charge in [0.15, 0.2) is 0 Å². The second-order valence-electron chi connectivity index (χ2n) is 7.89. The monoisotopic (exact) mass is 405 g/mol. The molecule has 6 heteroatoms. The van der Waals surface area contributed by atoms with Gasteiger partial charge in [-0.05, 0) is 60.9 Å². The Labute approximate surface area is 175 Å². The average molecular weight is 406 g/mol. The maximum Gasteiger partial charge on any atom is 0.247 e. The van der Waals surface area contributed by atoms with Crippen LogP contribution in [0.4, 0.5) is 5.69 Å². The molecule has 1 saturated heterocycles. The number of rotatable bonds is 4. The molecule has 1 fully saturated rings. The highest BCUT2D eigenvalue weighted by Gasteiger charge is 2.40. The summed E-state index contributed by atoms with van der Waals surface area (Å²) in [5, 5.41) is 9.57. The molecule has 0 saturated carbocycles. The van der Waals surface area contributed by atoms with Crippen molar-refractivity contribution in [3.05, 3.63) is 52.7 Å². The minimum atomic E-state index is -0.548. The average Bonchev–Trinajstić information content (AvgIpc) is 3.00. The molecule has 4 rings (SSSR count). The van der Waals surface area contributed by atoms with Gasteiger partial charge in [0.25, 0.3) is 0 Å². The summed E-state index contributed by atoms with van der Waals surface area (Å²) in [7, 11) is 0. The number of benzene rings is 1. The number of aryl methyl sites for hydroxylation is 2. The number of nitriles is 1. The third-order valence-electron chi connectivity index (χ3n) is 5.56. The lowest BCUT2D eigenvalue weighted by Crippen LogP contribution is -2.31. The number of hydrogen-bond acceptors (Lipinski definition) is 5. The van der Waals surface area contributed by atoms with Crippen LogP contribution in [0.3, 0.4) is 0 Å². The molecule has 0 spiro atoms. The number of pyridine rings is 1. The molecule has 148 valence electrons. The number of fused-ring (bicyclic) bond motifs is 1. The van der Waals surface area contributed by atoms with Crippen LogP contribution >= 0.6 is 11.8 Å². The Kier molecular flexibility index (Phi) is 5.42. The zero-order chi connectivity index (χ0) is 20.5. The van der Waals surface area contributed by atoms with Crippen molar-refractivity contribution in [2.45, 2.75) is 62.1 Å². The zero-order valence-electron chi connectivity index (χ0n) is 16.6. The summed E-state index contributed by atoms with van der Waals surface area (Å²) in [6.07, 6.45) is 4.19. The fourth-order valence-corrected chi connectivity index (χ4v) is 4.99. The van der Waals surface area contributed by atoms with Gasteiger partial charge in [0.05, 0.1) is 16.5 Å². The van der Waals surface area contributed by atoms with E-state index in [0.29, 0.717) is 22.2 Å². The summed E-state index contributed by atoms with van der Waals surface area (Å²) in [5.74, 6) is -0.0567. The van der Waals surface area contributed by atoms with Crippen LogP contribution in [0.2, 0.25) is 0 Å². The van der Waals surface area contributed by atoms with Gasteiger partial charge >= 0.3 is 0 Å². The first-order valence-electron chi connectivity index (χ1n) is 10.0. The largest absolute Gasteiger partial charge is 0.274 e. The van der Waals surface area contributed by atoms with E-state index in [9.17, 15) is 14.9 Å². The van der Waals surface area contributed by atoms with Gasteiger partial charge in [0, 0.05) is 12.1 Å². The van der Waals surface area contributed by atoms with Gasteiger partial charge in [-0.1, -0.05) is 37.7 Å². The van der Waals surface area contributed by atoms with Crippen LogP contribution in [0.25, 0.3) is 0 Å². The van der Waals surface area contributed by atoms with Crippen molar-refractivity contribution >= 4 is 29.3 Å². The predicted octanol–water partition coefficient (Wildman–Crippen LogP) is 4.38. The number of nitrogens with zero attached hydrogens (tertiary/aromatic N) is 3. The molecule has 2 amide bonds. The van der Waals surface area contributed by atoms with Crippen LogP contribution in [0.15, 0.2) is 35.4 Å². The molecule has 1 aliphatic heterocycles. The lowest BCUT2D eigenvalue weighted by atomic mass is 9.95. The fourth-order valence-electron chi connectivity index (χ4n) is 3.90. The number of carbonyl (C=O) groups is 2. The van der Waals surface area contributed by atoms with E-state index in [1.54, 1.807) is 0 Å². The van der Waals surface area contributed by atoms with Crippen molar-refractivity contribution in [1.29, 1.82) is 5.26 Å². The summed E-state index contributed by atoms with van der Waals surface area (Å²) in [6, 6.07) is 11.7. The van der Waals surface area contributed by atoms with Crippen LogP contribution in [0, 0.1) is 11.3 Å². The molecule has 1 aliphatic carbocycles. The van der Waals surface area contributed by atoms with Crippen molar-refractivity contribution in [2.75, 3.05) is 4.90 Å². The highest BCUT2D eigenvalue weighted by molar-refractivity contribution is 8.00. The first-order valence-corrected chi connectivity index (χ1v) is 10.9. The topological polar surface area (TPSA) is 74.1 Å². The number of hydrogen-bond donors (Lipinski definition) is 0. The quantitative estimate of drug-likeness (QED) is 0.706. The Bertz CT molecular complexity index is 1010. The second-order valence-corrected chi connectivity index (χ2v) is 9.08. The highest BCUT2D eigenvalue weighted by Crippen LogP contribution is 2.36. The van der Waals surface area contributed by atoms with E-state index in [0.717, 1.165) is 42.5 Å². The molecular formula is C23H23N3O2S. The van der Waals surface area contributed by atoms with Crippen LogP contribution in [-0.2, 0) is 22.4 Å². The number of amides is 2. The van der Waals surface area contributed by atoms with Crippen LogP contribution in [0.1, 0.15) is 61.4 Å². The zero-order valence-corrected chi connectivity index (χ0v) is 17.5. The van der Waals surface area contributed by atoms with Gasteiger partial charge in [0.2, 0.25) is 11.8 Å². The molecule has 1 unspecified atom stereocenters. The highest BCUT2D eigenvalue weighted by atomic mass is 32.2. The summed E-state index contributed by atoms with van der Waals surface area (Å²) in [6.45, 7) is 4.21. The Morgan fingerprint density at radius 2 is 1.90 bits per heavy atom. The standard InChI is InChI=1S/C23H23N3O2S/c1-14(2)15-7-9-18(10-8-15)26-21(27)12-20(23(26)28)29-22-17(13-24)11-16-5-3-4-6-19(16)25-22/h7-11,14,20H,3-6,12H2,1-2H3. The number of imide groups is 1. The Morgan fingerprint density at radius 3 is 2.59 bits per heavy atom. The molecule has 1 atom stereocenters. The first kappa shape index (κ1) is 19.7. The Balaban J connectivity index is 1.57. The summed E-state index contributed by atoms with van der Waals surface area (Å²) in [4.78, 5) is 31.6. The molecule has 0 radical (unpaired) electrons.